The van der Waals surface area contributed by atoms with Crippen LogP contribution in [0.4, 0.5) is 5.69 Å². The number of fused-ring (bicyclic) bond motifs is 4. The summed E-state index contributed by atoms with van der Waals surface area (Å²) in [4.78, 5) is 35.9. The van der Waals surface area contributed by atoms with E-state index in [9.17, 15) is 9.59 Å². The fraction of sp³-hybridized carbons (Fsp3) is 0.296. The topological polar surface area (TPSA) is 55.2 Å². The maximum Gasteiger partial charge on any atom is 0.267 e. The molecule has 0 saturated heterocycles. The zero-order valence-corrected chi connectivity index (χ0v) is 20.6. The van der Waals surface area contributed by atoms with Crippen molar-refractivity contribution in [2.24, 2.45) is 5.92 Å². The molecule has 3 heterocycles. The Morgan fingerprint density at radius 2 is 1.91 bits per heavy atom. The highest BCUT2D eigenvalue weighted by Crippen LogP contribution is 2.37. The molecule has 0 saturated carbocycles. The number of carbonyl (C=O) groups excluding carboxylic acids is 1. The first-order chi connectivity index (χ1) is 16.6. The van der Waals surface area contributed by atoms with Gasteiger partial charge in [-0.25, -0.2) is 4.98 Å². The number of para-hydroxylation sites is 2. The zero-order valence-electron chi connectivity index (χ0n) is 19.0. The number of hydrogen-bond donors (Lipinski definition) is 0. The van der Waals surface area contributed by atoms with Crippen molar-refractivity contribution in [2.75, 3.05) is 17.2 Å². The number of aryl methyl sites for hydroxylation is 1. The molecule has 2 aromatic carbocycles. The Balaban J connectivity index is 1.39. The lowest BCUT2D eigenvalue weighted by molar-refractivity contribution is -0.116. The molecule has 2 aromatic heterocycles. The Kier molecular flexibility index (Phi) is 5.54. The van der Waals surface area contributed by atoms with E-state index in [1.807, 2.05) is 53.4 Å². The van der Waals surface area contributed by atoms with Gasteiger partial charge in [0.25, 0.3) is 5.56 Å². The standard InChI is InChI=1S/C27H25N3O2S2/c1-17-11-12-20-22(15-17)34-25-24(20)26(32)30(19-8-3-2-4-9-19)27(28-25)33-16-23(31)29-14-13-18-7-5-6-10-21(18)29/h2-10,17H,11-16H2,1H3. The predicted molar refractivity (Wildman–Crippen MR) is 140 cm³/mol. The molecule has 1 aliphatic heterocycles. The Bertz CT molecular complexity index is 1460. The summed E-state index contributed by atoms with van der Waals surface area (Å²) < 4.78 is 1.70. The van der Waals surface area contributed by atoms with Gasteiger partial charge in [0, 0.05) is 17.1 Å². The van der Waals surface area contributed by atoms with Crippen LogP contribution in [0.25, 0.3) is 15.9 Å². The number of anilines is 1. The van der Waals surface area contributed by atoms with Gasteiger partial charge in [0.15, 0.2) is 5.16 Å². The first kappa shape index (κ1) is 21.6. The Labute approximate surface area is 206 Å². The summed E-state index contributed by atoms with van der Waals surface area (Å²) in [6.07, 6.45) is 3.93. The van der Waals surface area contributed by atoms with E-state index in [2.05, 4.69) is 13.0 Å². The number of aromatic nitrogens is 2. The molecule has 0 spiro atoms. The highest BCUT2D eigenvalue weighted by molar-refractivity contribution is 7.99. The highest BCUT2D eigenvalue weighted by atomic mass is 32.2. The third kappa shape index (κ3) is 3.67. The molecule has 1 aliphatic carbocycles. The summed E-state index contributed by atoms with van der Waals surface area (Å²) in [5.41, 5.74) is 4.15. The molecule has 4 aromatic rings. The first-order valence-electron chi connectivity index (χ1n) is 11.7. The second-order valence-corrected chi connectivity index (χ2v) is 11.1. The Hall–Kier alpha value is -2.90. The van der Waals surface area contributed by atoms with Crippen LogP contribution in [0.5, 0.6) is 0 Å². The van der Waals surface area contributed by atoms with Crippen LogP contribution in [0, 0.1) is 5.92 Å². The van der Waals surface area contributed by atoms with Crippen LogP contribution in [0.1, 0.15) is 29.3 Å². The van der Waals surface area contributed by atoms with Crippen molar-refractivity contribution in [2.45, 2.75) is 37.8 Å². The van der Waals surface area contributed by atoms with Gasteiger partial charge >= 0.3 is 0 Å². The predicted octanol–water partition coefficient (Wildman–Crippen LogP) is 5.25. The van der Waals surface area contributed by atoms with Crippen molar-refractivity contribution >= 4 is 44.9 Å². The molecule has 6 rings (SSSR count). The van der Waals surface area contributed by atoms with Crippen molar-refractivity contribution < 1.29 is 4.79 Å². The lowest BCUT2D eigenvalue weighted by atomic mass is 9.89. The van der Waals surface area contributed by atoms with Gasteiger partial charge in [0.1, 0.15) is 4.83 Å². The minimum Gasteiger partial charge on any atom is -0.311 e. The normalized spacial score (nSPS) is 17.1. The number of benzene rings is 2. The van der Waals surface area contributed by atoms with Gasteiger partial charge in [-0.1, -0.05) is 55.1 Å². The molecule has 1 atom stereocenters. The van der Waals surface area contributed by atoms with Crippen LogP contribution in [0.3, 0.4) is 0 Å². The number of nitrogens with zero attached hydrogens (tertiary/aromatic N) is 3. The number of thioether (sulfide) groups is 1. The van der Waals surface area contributed by atoms with Crippen molar-refractivity contribution in [1.29, 1.82) is 0 Å². The van der Waals surface area contributed by atoms with Gasteiger partial charge in [-0.15, -0.1) is 11.3 Å². The van der Waals surface area contributed by atoms with Crippen molar-refractivity contribution in [1.82, 2.24) is 9.55 Å². The molecular formula is C27H25N3O2S2. The lowest BCUT2D eigenvalue weighted by Gasteiger charge is -2.18. The van der Waals surface area contributed by atoms with Gasteiger partial charge in [0.2, 0.25) is 5.91 Å². The molecule has 172 valence electrons. The van der Waals surface area contributed by atoms with Crippen LogP contribution in [0.2, 0.25) is 0 Å². The van der Waals surface area contributed by atoms with E-state index in [1.165, 1.54) is 27.8 Å². The van der Waals surface area contributed by atoms with Gasteiger partial charge in [-0.2, -0.15) is 0 Å². The number of carbonyl (C=O) groups is 1. The Morgan fingerprint density at radius 1 is 1.12 bits per heavy atom. The maximum atomic E-state index is 13.8. The van der Waals surface area contributed by atoms with E-state index >= 15 is 0 Å². The molecule has 1 amide bonds. The summed E-state index contributed by atoms with van der Waals surface area (Å²) in [5.74, 6) is 0.913. The zero-order chi connectivity index (χ0) is 23.2. The summed E-state index contributed by atoms with van der Waals surface area (Å²) in [6, 6.07) is 17.7. The molecule has 1 unspecified atom stereocenters. The molecule has 34 heavy (non-hydrogen) atoms. The molecule has 5 nitrogen and oxygen atoms in total. The third-order valence-corrected chi connectivity index (χ3v) is 8.90. The van der Waals surface area contributed by atoms with Crippen molar-refractivity contribution in [3.63, 3.8) is 0 Å². The molecule has 0 radical (unpaired) electrons. The molecule has 0 N–H and O–H groups in total. The van der Waals surface area contributed by atoms with E-state index < -0.39 is 0 Å². The van der Waals surface area contributed by atoms with Crippen LogP contribution in [0.15, 0.2) is 64.5 Å². The second kappa shape index (κ2) is 8.71. The maximum absolute atomic E-state index is 13.8. The highest BCUT2D eigenvalue weighted by Gasteiger charge is 2.27. The lowest BCUT2D eigenvalue weighted by Crippen LogP contribution is -2.31. The number of thiophene rings is 1. The molecule has 7 heteroatoms. The first-order valence-corrected chi connectivity index (χ1v) is 13.5. The molecule has 0 bridgehead atoms. The molecule has 0 fully saturated rings. The second-order valence-electron chi connectivity index (χ2n) is 9.12. The van der Waals surface area contributed by atoms with E-state index in [0.717, 1.165) is 47.3 Å². The minimum absolute atomic E-state index is 0.0234. The van der Waals surface area contributed by atoms with Crippen LogP contribution in [-0.2, 0) is 24.1 Å². The van der Waals surface area contributed by atoms with Crippen molar-refractivity contribution in [3.8, 4) is 5.69 Å². The Morgan fingerprint density at radius 3 is 2.76 bits per heavy atom. The van der Waals surface area contributed by atoms with E-state index in [1.54, 1.807) is 15.9 Å². The smallest absolute Gasteiger partial charge is 0.267 e. The monoisotopic (exact) mass is 487 g/mol. The molecular weight excluding hydrogens is 462 g/mol. The fourth-order valence-corrected chi connectivity index (χ4v) is 7.39. The van der Waals surface area contributed by atoms with E-state index in [4.69, 9.17) is 4.98 Å². The third-order valence-electron chi connectivity index (χ3n) is 6.83. The average Bonchev–Trinajstić information content (AvgIpc) is 3.44. The number of hydrogen-bond acceptors (Lipinski definition) is 5. The largest absolute Gasteiger partial charge is 0.311 e. The van der Waals surface area contributed by atoms with Gasteiger partial charge in [-0.05, 0) is 60.9 Å². The summed E-state index contributed by atoms with van der Waals surface area (Å²) in [7, 11) is 0. The number of amides is 1. The average molecular weight is 488 g/mol. The van der Waals surface area contributed by atoms with Crippen LogP contribution in [-0.4, -0.2) is 27.8 Å². The molecule has 2 aliphatic rings. The van der Waals surface area contributed by atoms with Gasteiger partial charge < -0.3 is 4.90 Å². The summed E-state index contributed by atoms with van der Waals surface area (Å²) >= 11 is 3.01. The fourth-order valence-electron chi connectivity index (χ4n) is 5.07. The van der Waals surface area contributed by atoms with Gasteiger partial charge in [0.05, 0.1) is 16.8 Å². The summed E-state index contributed by atoms with van der Waals surface area (Å²) in [6.45, 7) is 2.97. The summed E-state index contributed by atoms with van der Waals surface area (Å²) in [5, 5.41) is 1.34. The SMILES string of the molecule is CC1CCc2c(sc3nc(SCC(=O)N4CCc5ccccc54)n(-c4ccccc4)c(=O)c23)C1. The van der Waals surface area contributed by atoms with E-state index in [0.29, 0.717) is 17.6 Å². The van der Waals surface area contributed by atoms with Crippen LogP contribution >= 0.6 is 23.1 Å². The number of rotatable bonds is 4. The van der Waals surface area contributed by atoms with Crippen LogP contribution < -0.4 is 10.5 Å². The quantitative estimate of drug-likeness (QED) is 0.291. The van der Waals surface area contributed by atoms with Crippen molar-refractivity contribution in [3.05, 3.63) is 81.0 Å². The minimum atomic E-state index is -0.0234. The van der Waals surface area contributed by atoms with E-state index in [-0.39, 0.29) is 17.2 Å². The van der Waals surface area contributed by atoms with Gasteiger partial charge in [-0.3, -0.25) is 14.2 Å².